The van der Waals surface area contributed by atoms with Gasteiger partial charge in [0.2, 0.25) is 11.8 Å². The summed E-state index contributed by atoms with van der Waals surface area (Å²) in [6.45, 7) is 3.60. The number of hydrogen-bond acceptors (Lipinski definition) is 3. The number of rotatable bonds is 7. The highest BCUT2D eigenvalue weighted by molar-refractivity contribution is 5.82. The molecule has 0 fully saturated rings. The molecule has 0 saturated carbocycles. The summed E-state index contributed by atoms with van der Waals surface area (Å²) in [5, 5.41) is 2.61. The third-order valence-corrected chi connectivity index (χ3v) is 2.79. The topological polar surface area (TPSA) is 81.4 Å². The lowest BCUT2D eigenvalue weighted by Crippen LogP contribution is -2.42. The van der Waals surface area contributed by atoms with Crippen LogP contribution in [0.3, 0.4) is 0 Å². The fourth-order valence-electron chi connectivity index (χ4n) is 1.31. The van der Waals surface area contributed by atoms with Crippen molar-refractivity contribution in [1.29, 1.82) is 0 Å². The zero-order valence-electron chi connectivity index (χ0n) is 11.6. The molecule has 0 unspecified atom stereocenters. The predicted octanol–water partition coefficient (Wildman–Crippen LogP) is 1.22. The highest BCUT2D eigenvalue weighted by Crippen LogP contribution is 2.13. The maximum absolute atomic E-state index is 12.9. The highest BCUT2D eigenvalue weighted by Gasteiger charge is 2.25. The van der Waals surface area contributed by atoms with E-state index in [-0.39, 0.29) is 25.5 Å². The molecule has 1 aromatic rings. The summed E-state index contributed by atoms with van der Waals surface area (Å²) in [5.74, 6) is -0.755. The molecular formula is C14H19FN2O3. The third-order valence-electron chi connectivity index (χ3n) is 2.79. The Morgan fingerprint density at radius 2 is 2.10 bits per heavy atom. The maximum atomic E-state index is 12.9. The minimum Gasteiger partial charge on any atom is -0.493 e. The summed E-state index contributed by atoms with van der Waals surface area (Å²) in [6, 6.07) is 5.69. The first-order valence-corrected chi connectivity index (χ1v) is 6.26. The van der Waals surface area contributed by atoms with Gasteiger partial charge in [0.05, 0.1) is 18.4 Å². The smallest absolute Gasteiger partial charge is 0.224 e. The van der Waals surface area contributed by atoms with Crippen molar-refractivity contribution in [1.82, 2.24) is 5.32 Å². The van der Waals surface area contributed by atoms with Crippen LogP contribution in [0.15, 0.2) is 24.3 Å². The first-order valence-electron chi connectivity index (χ1n) is 6.26. The van der Waals surface area contributed by atoms with Gasteiger partial charge in [0, 0.05) is 12.6 Å². The van der Waals surface area contributed by atoms with Gasteiger partial charge in [-0.25, -0.2) is 4.39 Å². The Balaban J connectivity index is 2.29. The van der Waals surface area contributed by atoms with E-state index in [4.69, 9.17) is 10.5 Å². The van der Waals surface area contributed by atoms with E-state index in [2.05, 4.69) is 5.32 Å². The van der Waals surface area contributed by atoms with E-state index in [0.717, 1.165) is 0 Å². The first-order chi connectivity index (χ1) is 9.31. The second-order valence-electron chi connectivity index (χ2n) is 5.08. The van der Waals surface area contributed by atoms with Crippen molar-refractivity contribution in [2.75, 3.05) is 13.2 Å². The molecule has 5 nitrogen and oxygen atoms in total. The lowest BCUT2D eigenvalue weighted by molar-refractivity contribution is -0.127. The number of benzene rings is 1. The lowest BCUT2D eigenvalue weighted by Gasteiger charge is -2.20. The van der Waals surface area contributed by atoms with Crippen LogP contribution in [-0.2, 0) is 9.59 Å². The zero-order valence-corrected chi connectivity index (χ0v) is 11.6. The van der Waals surface area contributed by atoms with Crippen LogP contribution in [0.2, 0.25) is 0 Å². The van der Waals surface area contributed by atoms with Gasteiger partial charge in [-0.15, -0.1) is 0 Å². The number of carbonyl (C=O) groups excluding carboxylic acids is 2. The van der Waals surface area contributed by atoms with Crippen molar-refractivity contribution in [3.63, 3.8) is 0 Å². The van der Waals surface area contributed by atoms with Crippen LogP contribution in [0, 0.1) is 11.2 Å². The van der Waals surface area contributed by atoms with Crippen LogP contribution in [-0.4, -0.2) is 25.0 Å². The Kier molecular flexibility index (Phi) is 5.49. The molecule has 0 bridgehead atoms. The van der Waals surface area contributed by atoms with Crippen LogP contribution < -0.4 is 15.8 Å². The first kappa shape index (κ1) is 15.9. The second-order valence-corrected chi connectivity index (χ2v) is 5.08. The summed E-state index contributed by atoms with van der Waals surface area (Å²) in [4.78, 5) is 22.6. The second kappa shape index (κ2) is 6.88. The van der Waals surface area contributed by atoms with Gasteiger partial charge in [-0.3, -0.25) is 9.59 Å². The average molecular weight is 282 g/mol. The fraction of sp³-hybridized carbons (Fsp3) is 0.429. The number of amides is 2. The molecule has 1 aromatic carbocycles. The largest absolute Gasteiger partial charge is 0.493 e. The monoisotopic (exact) mass is 282 g/mol. The van der Waals surface area contributed by atoms with E-state index in [1.54, 1.807) is 19.9 Å². The normalized spacial score (nSPS) is 10.9. The van der Waals surface area contributed by atoms with E-state index in [1.807, 2.05) is 0 Å². The number of primary amides is 1. The average Bonchev–Trinajstić information content (AvgIpc) is 2.36. The van der Waals surface area contributed by atoms with Crippen molar-refractivity contribution < 1.29 is 18.7 Å². The highest BCUT2D eigenvalue weighted by atomic mass is 19.1. The summed E-state index contributed by atoms with van der Waals surface area (Å²) in [6.07, 6.45) is 0.116. The molecule has 0 aliphatic carbocycles. The van der Waals surface area contributed by atoms with E-state index < -0.39 is 17.1 Å². The van der Waals surface area contributed by atoms with Crippen molar-refractivity contribution >= 4 is 11.8 Å². The van der Waals surface area contributed by atoms with Gasteiger partial charge in [0.1, 0.15) is 11.6 Å². The zero-order chi connectivity index (χ0) is 15.2. The van der Waals surface area contributed by atoms with Gasteiger partial charge < -0.3 is 15.8 Å². The summed E-state index contributed by atoms with van der Waals surface area (Å²) in [7, 11) is 0. The fourth-order valence-corrected chi connectivity index (χ4v) is 1.31. The van der Waals surface area contributed by atoms with Crippen LogP contribution in [0.1, 0.15) is 20.3 Å². The van der Waals surface area contributed by atoms with E-state index in [9.17, 15) is 14.0 Å². The maximum Gasteiger partial charge on any atom is 0.224 e. The Labute approximate surface area is 117 Å². The van der Waals surface area contributed by atoms with Crippen molar-refractivity contribution in [3.05, 3.63) is 30.1 Å². The minimum absolute atomic E-state index is 0.116. The summed E-state index contributed by atoms with van der Waals surface area (Å²) in [5.41, 5.74) is 4.40. The van der Waals surface area contributed by atoms with Gasteiger partial charge >= 0.3 is 0 Å². The standard InChI is InChI=1S/C14H19FN2O3/c1-14(2,13(16)19)9-17-12(18)6-7-20-11-5-3-4-10(15)8-11/h3-5,8H,6-7,9H2,1-2H3,(H2,16,19)(H,17,18). The van der Waals surface area contributed by atoms with E-state index >= 15 is 0 Å². The van der Waals surface area contributed by atoms with Gasteiger partial charge in [-0.2, -0.15) is 0 Å². The Morgan fingerprint density at radius 3 is 2.70 bits per heavy atom. The van der Waals surface area contributed by atoms with Gasteiger partial charge in [0.15, 0.2) is 0 Å². The molecule has 0 aliphatic rings. The van der Waals surface area contributed by atoms with Gasteiger partial charge in [-0.05, 0) is 26.0 Å². The van der Waals surface area contributed by atoms with Crippen LogP contribution >= 0.6 is 0 Å². The molecular weight excluding hydrogens is 263 g/mol. The molecule has 0 atom stereocenters. The molecule has 20 heavy (non-hydrogen) atoms. The molecule has 0 radical (unpaired) electrons. The molecule has 3 N–H and O–H groups in total. The summed E-state index contributed by atoms with van der Waals surface area (Å²) >= 11 is 0. The molecule has 110 valence electrons. The Hall–Kier alpha value is -2.11. The molecule has 0 saturated heterocycles. The molecule has 0 aliphatic heterocycles. The Bertz CT molecular complexity index is 489. The lowest BCUT2D eigenvalue weighted by atomic mass is 9.93. The van der Waals surface area contributed by atoms with Crippen molar-refractivity contribution in [2.24, 2.45) is 11.1 Å². The third kappa shape index (κ3) is 5.26. The SMILES string of the molecule is CC(C)(CNC(=O)CCOc1cccc(F)c1)C(N)=O. The van der Waals surface area contributed by atoms with Crippen LogP contribution in [0.25, 0.3) is 0 Å². The van der Waals surface area contributed by atoms with Gasteiger partial charge in [0.25, 0.3) is 0 Å². The number of ether oxygens (including phenoxy) is 1. The molecule has 0 heterocycles. The van der Waals surface area contributed by atoms with Crippen molar-refractivity contribution in [3.8, 4) is 5.75 Å². The number of nitrogens with two attached hydrogens (primary N) is 1. The molecule has 0 aromatic heterocycles. The molecule has 6 heteroatoms. The molecule has 0 spiro atoms. The van der Waals surface area contributed by atoms with E-state index in [0.29, 0.717) is 5.75 Å². The number of halogens is 1. The number of nitrogens with one attached hydrogen (secondary N) is 1. The van der Waals surface area contributed by atoms with Crippen LogP contribution in [0.5, 0.6) is 5.75 Å². The van der Waals surface area contributed by atoms with Crippen molar-refractivity contribution in [2.45, 2.75) is 20.3 Å². The number of hydrogen-bond donors (Lipinski definition) is 2. The molecule has 2 amide bonds. The number of carbonyl (C=O) groups is 2. The molecule has 1 rings (SSSR count). The summed E-state index contributed by atoms with van der Waals surface area (Å²) < 4.78 is 18.1. The van der Waals surface area contributed by atoms with Crippen LogP contribution in [0.4, 0.5) is 4.39 Å². The van der Waals surface area contributed by atoms with E-state index in [1.165, 1.54) is 18.2 Å². The Morgan fingerprint density at radius 1 is 1.40 bits per heavy atom. The minimum atomic E-state index is -0.793. The predicted molar refractivity (Wildman–Crippen MR) is 72.5 cm³/mol. The quantitative estimate of drug-likeness (QED) is 0.789. The van der Waals surface area contributed by atoms with Gasteiger partial charge in [-0.1, -0.05) is 6.07 Å².